The summed E-state index contributed by atoms with van der Waals surface area (Å²) < 4.78 is 31.1. The number of azo groups is 1. The van der Waals surface area contributed by atoms with Gasteiger partial charge in [0, 0.05) is 18.2 Å². The lowest BCUT2D eigenvalue weighted by Crippen LogP contribution is -2.20. The van der Waals surface area contributed by atoms with Gasteiger partial charge in [0.25, 0.3) is 5.56 Å². The summed E-state index contributed by atoms with van der Waals surface area (Å²) in [6.45, 7) is 5.40. The SMILES string of the molecule is CCn1c(O)c(C)c(C)c(N=Nc2cccc(OS(=O)(=O)c3ccccc3)c2)c1=O. The summed E-state index contributed by atoms with van der Waals surface area (Å²) in [6, 6.07) is 13.9. The highest BCUT2D eigenvalue weighted by Crippen LogP contribution is 2.28. The average Bonchev–Trinajstić information content (AvgIpc) is 2.73. The van der Waals surface area contributed by atoms with E-state index < -0.39 is 15.7 Å². The summed E-state index contributed by atoms with van der Waals surface area (Å²) in [6.07, 6.45) is 0. The van der Waals surface area contributed by atoms with Crippen LogP contribution in [0.1, 0.15) is 18.1 Å². The largest absolute Gasteiger partial charge is 0.494 e. The van der Waals surface area contributed by atoms with Gasteiger partial charge in [-0.15, -0.1) is 5.11 Å². The minimum Gasteiger partial charge on any atom is -0.494 e. The van der Waals surface area contributed by atoms with Crippen LogP contribution in [0.3, 0.4) is 0 Å². The van der Waals surface area contributed by atoms with Crippen LogP contribution in [0, 0.1) is 13.8 Å². The maximum Gasteiger partial charge on any atom is 0.339 e. The normalized spacial score (nSPS) is 11.7. The van der Waals surface area contributed by atoms with E-state index in [1.54, 1.807) is 51.1 Å². The predicted molar refractivity (Wildman–Crippen MR) is 112 cm³/mol. The van der Waals surface area contributed by atoms with Gasteiger partial charge in [-0.3, -0.25) is 9.36 Å². The molecule has 0 unspecified atom stereocenters. The van der Waals surface area contributed by atoms with Crippen molar-refractivity contribution in [2.75, 3.05) is 0 Å². The lowest BCUT2D eigenvalue weighted by Gasteiger charge is -2.12. The zero-order valence-corrected chi connectivity index (χ0v) is 17.5. The Balaban J connectivity index is 1.92. The number of hydrogen-bond donors (Lipinski definition) is 1. The second-order valence-electron chi connectivity index (χ2n) is 6.52. The smallest absolute Gasteiger partial charge is 0.339 e. The first-order valence-corrected chi connectivity index (χ1v) is 10.6. The van der Waals surface area contributed by atoms with Crippen LogP contribution in [0.25, 0.3) is 0 Å². The second kappa shape index (κ2) is 8.50. The molecule has 1 heterocycles. The topological polar surface area (TPSA) is 110 Å². The highest BCUT2D eigenvalue weighted by Gasteiger charge is 2.17. The minimum atomic E-state index is -3.98. The number of rotatable bonds is 6. The van der Waals surface area contributed by atoms with Crippen molar-refractivity contribution < 1.29 is 17.7 Å². The maximum atomic E-state index is 12.6. The molecule has 0 amide bonds. The molecule has 156 valence electrons. The Labute approximate surface area is 174 Å². The van der Waals surface area contributed by atoms with Gasteiger partial charge in [0.1, 0.15) is 10.6 Å². The fourth-order valence-corrected chi connectivity index (χ4v) is 3.75. The first-order valence-electron chi connectivity index (χ1n) is 9.19. The molecule has 1 aromatic heterocycles. The summed E-state index contributed by atoms with van der Waals surface area (Å²) in [5, 5.41) is 18.2. The third-order valence-corrected chi connectivity index (χ3v) is 5.86. The fourth-order valence-electron chi connectivity index (χ4n) is 2.81. The van der Waals surface area contributed by atoms with Crippen LogP contribution in [0.2, 0.25) is 0 Å². The van der Waals surface area contributed by atoms with E-state index in [-0.39, 0.29) is 28.8 Å². The third kappa shape index (κ3) is 4.25. The molecule has 0 radical (unpaired) electrons. The zero-order valence-electron chi connectivity index (χ0n) is 16.7. The lowest BCUT2D eigenvalue weighted by atomic mass is 10.1. The molecule has 1 N–H and O–H groups in total. The van der Waals surface area contributed by atoms with Gasteiger partial charge in [0.15, 0.2) is 11.6 Å². The van der Waals surface area contributed by atoms with Crippen molar-refractivity contribution in [1.29, 1.82) is 0 Å². The van der Waals surface area contributed by atoms with E-state index in [1.165, 1.54) is 28.8 Å². The van der Waals surface area contributed by atoms with Gasteiger partial charge in [-0.05, 0) is 50.6 Å². The Bertz CT molecular complexity index is 1270. The van der Waals surface area contributed by atoms with E-state index in [0.29, 0.717) is 16.8 Å². The highest BCUT2D eigenvalue weighted by molar-refractivity contribution is 7.87. The molecule has 3 rings (SSSR count). The summed E-state index contributed by atoms with van der Waals surface area (Å²) in [7, 11) is -3.98. The van der Waals surface area contributed by atoms with E-state index in [9.17, 15) is 18.3 Å². The second-order valence-corrected chi connectivity index (χ2v) is 8.07. The van der Waals surface area contributed by atoms with E-state index in [1.807, 2.05) is 0 Å². The molecule has 9 heteroatoms. The van der Waals surface area contributed by atoms with Crippen molar-refractivity contribution >= 4 is 21.5 Å². The van der Waals surface area contributed by atoms with E-state index in [0.717, 1.165) is 0 Å². The predicted octanol–water partition coefficient (Wildman–Crippen LogP) is 4.37. The van der Waals surface area contributed by atoms with E-state index in [2.05, 4.69) is 10.2 Å². The molecule has 2 aromatic carbocycles. The van der Waals surface area contributed by atoms with Gasteiger partial charge in [0.05, 0.1) is 5.69 Å². The van der Waals surface area contributed by atoms with Crippen molar-refractivity contribution in [3.05, 3.63) is 76.1 Å². The van der Waals surface area contributed by atoms with E-state index in [4.69, 9.17) is 4.18 Å². The molecule has 0 spiro atoms. The Morgan fingerprint density at radius 3 is 2.37 bits per heavy atom. The van der Waals surface area contributed by atoms with Gasteiger partial charge in [-0.25, -0.2) is 0 Å². The molecule has 0 aliphatic rings. The van der Waals surface area contributed by atoms with Crippen LogP contribution >= 0.6 is 0 Å². The van der Waals surface area contributed by atoms with Crippen molar-refractivity contribution in [2.45, 2.75) is 32.2 Å². The Morgan fingerprint density at radius 2 is 1.70 bits per heavy atom. The first kappa shape index (κ1) is 21.3. The molecule has 3 aromatic rings. The van der Waals surface area contributed by atoms with E-state index >= 15 is 0 Å². The highest BCUT2D eigenvalue weighted by atomic mass is 32.2. The molecular formula is C21H21N3O5S. The molecule has 0 aliphatic carbocycles. The third-order valence-electron chi connectivity index (χ3n) is 4.59. The Morgan fingerprint density at radius 1 is 1.00 bits per heavy atom. The van der Waals surface area contributed by atoms with Crippen LogP contribution in [-0.2, 0) is 16.7 Å². The van der Waals surface area contributed by atoms with Gasteiger partial charge in [-0.1, -0.05) is 24.3 Å². The number of hydrogen-bond acceptors (Lipinski definition) is 7. The van der Waals surface area contributed by atoms with Crippen molar-refractivity contribution in [3.63, 3.8) is 0 Å². The molecule has 8 nitrogen and oxygen atoms in total. The molecular weight excluding hydrogens is 406 g/mol. The van der Waals surface area contributed by atoms with Crippen molar-refractivity contribution in [3.8, 4) is 11.6 Å². The van der Waals surface area contributed by atoms with Gasteiger partial charge < -0.3 is 9.29 Å². The van der Waals surface area contributed by atoms with Crippen molar-refractivity contribution in [2.24, 2.45) is 10.2 Å². The molecule has 0 atom stereocenters. The van der Waals surface area contributed by atoms with Gasteiger partial charge in [-0.2, -0.15) is 13.5 Å². The quantitative estimate of drug-likeness (QED) is 0.464. The Hall–Kier alpha value is -3.46. The first-order chi connectivity index (χ1) is 14.2. The van der Waals surface area contributed by atoms with Crippen LogP contribution in [0.15, 0.2) is 74.5 Å². The molecule has 0 aliphatic heterocycles. The van der Waals surface area contributed by atoms with Gasteiger partial charge in [0.2, 0.25) is 0 Å². The van der Waals surface area contributed by atoms with Crippen LogP contribution in [0.4, 0.5) is 11.4 Å². The summed E-state index contributed by atoms with van der Waals surface area (Å²) in [4.78, 5) is 12.6. The molecule has 30 heavy (non-hydrogen) atoms. The number of aromatic hydroxyl groups is 1. The Kier molecular flexibility index (Phi) is 6.02. The summed E-state index contributed by atoms with van der Waals surface area (Å²) >= 11 is 0. The molecule has 0 fully saturated rings. The fraction of sp³-hybridized carbons (Fsp3) is 0.190. The average molecular weight is 427 g/mol. The van der Waals surface area contributed by atoms with Gasteiger partial charge >= 0.3 is 10.1 Å². The number of benzene rings is 2. The van der Waals surface area contributed by atoms with Crippen molar-refractivity contribution in [1.82, 2.24) is 4.57 Å². The van der Waals surface area contributed by atoms with Crippen LogP contribution in [0.5, 0.6) is 11.6 Å². The number of aromatic nitrogens is 1. The number of nitrogens with zero attached hydrogens (tertiary/aromatic N) is 3. The van der Waals surface area contributed by atoms with Crippen LogP contribution in [-0.4, -0.2) is 18.1 Å². The summed E-state index contributed by atoms with van der Waals surface area (Å²) in [5.41, 5.74) is 1.01. The standard InChI is InChI=1S/C21H21N3O5S/c1-4-24-20(25)15(3)14(2)19(21(24)26)23-22-16-9-8-10-17(13-16)29-30(27,28)18-11-6-5-7-12-18/h5-13,25H,4H2,1-3H3. The molecule has 0 bridgehead atoms. The zero-order chi connectivity index (χ0) is 21.9. The lowest BCUT2D eigenvalue weighted by molar-refractivity contribution is 0.406. The maximum absolute atomic E-state index is 12.6. The monoisotopic (exact) mass is 427 g/mol. The summed E-state index contributed by atoms with van der Waals surface area (Å²) in [5.74, 6) is -0.0275. The number of pyridine rings is 1. The molecule has 0 saturated heterocycles. The molecule has 0 saturated carbocycles. The minimum absolute atomic E-state index is 0.0346. The van der Waals surface area contributed by atoms with Crippen LogP contribution < -0.4 is 9.74 Å².